The van der Waals surface area contributed by atoms with Crippen LogP contribution in [-0.2, 0) is 14.2 Å². The van der Waals surface area contributed by atoms with E-state index in [0.717, 1.165) is 6.07 Å². The van der Waals surface area contributed by atoms with Crippen molar-refractivity contribution >= 4 is 5.78 Å². The monoisotopic (exact) mass is 594 g/mol. The molecule has 0 aromatic heterocycles. The van der Waals surface area contributed by atoms with E-state index in [1.54, 1.807) is 24.3 Å². The maximum Gasteiger partial charge on any atom is 0.229 e. The molecule has 14 heteroatoms. The highest BCUT2D eigenvalue weighted by Gasteiger charge is 2.47. The van der Waals surface area contributed by atoms with Crippen molar-refractivity contribution in [1.29, 1.82) is 0 Å². The van der Waals surface area contributed by atoms with Gasteiger partial charge in [0, 0.05) is 12.1 Å². The van der Waals surface area contributed by atoms with E-state index in [0.29, 0.717) is 11.3 Å². The fourth-order valence-corrected chi connectivity index (χ4v) is 5.11. The van der Waals surface area contributed by atoms with E-state index < -0.39 is 79.9 Å². The van der Waals surface area contributed by atoms with Gasteiger partial charge in [0.05, 0.1) is 26.2 Å². The second-order valence-electron chi connectivity index (χ2n) is 10.5. The SMILES string of the molecule is COc1ccc([C@@H]2CC(=O)c3c(O)cc(O[C@@H]4O[C@H](CO[C@@H]5O[C@@H](C)[C@H](O)[C@@H](O)[C@@H]5O)[C@@H](O)[C@@H](O)[C@@H]4O)cc3O2)cc1. The molecule has 0 unspecified atom stereocenters. The van der Waals surface area contributed by atoms with Gasteiger partial charge >= 0.3 is 0 Å². The molecule has 3 aliphatic heterocycles. The molecule has 2 aromatic rings. The van der Waals surface area contributed by atoms with Crippen LogP contribution in [0.5, 0.6) is 23.0 Å². The lowest BCUT2D eigenvalue weighted by Crippen LogP contribution is -2.61. The predicted octanol–water partition coefficient (Wildman–Crippen LogP) is -0.862. The van der Waals surface area contributed by atoms with Crippen molar-refractivity contribution in [1.82, 2.24) is 0 Å². The number of phenols is 1. The van der Waals surface area contributed by atoms with Crippen molar-refractivity contribution in [3.63, 3.8) is 0 Å². The van der Waals surface area contributed by atoms with Crippen molar-refractivity contribution in [2.45, 2.75) is 80.9 Å². The number of aliphatic hydroxyl groups is 6. The highest BCUT2D eigenvalue weighted by atomic mass is 16.7. The molecule has 14 nitrogen and oxygen atoms in total. The van der Waals surface area contributed by atoms with E-state index in [2.05, 4.69) is 0 Å². The van der Waals surface area contributed by atoms with Crippen LogP contribution in [0.15, 0.2) is 36.4 Å². The number of methoxy groups -OCH3 is 1. The first-order valence-corrected chi connectivity index (χ1v) is 13.4. The minimum absolute atomic E-state index is 0.0164. The van der Waals surface area contributed by atoms with Gasteiger partial charge in [-0.05, 0) is 24.6 Å². The molecule has 0 amide bonds. The third-order valence-corrected chi connectivity index (χ3v) is 7.62. The van der Waals surface area contributed by atoms with Gasteiger partial charge in [0.2, 0.25) is 6.29 Å². The third-order valence-electron chi connectivity index (χ3n) is 7.62. The summed E-state index contributed by atoms with van der Waals surface area (Å²) < 4.78 is 33.4. The van der Waals surface area contributed by atoms with Gasteiger partial charge in [-0.3, -0.25) is 4.79 Å². The van der Waals surface area contributed by atoms with E-state index in [1.165, 1.54) is 20.1 Å². The molecule has 2 aromatic carbocycles. The summed E-state index contributed by atoms with van der Waals surface area (Å²) >= 11 is 0. The van der Waals surface area contributed by atoms with Crippen molar-refractivity contribution in [3.8, 4) is 23.0 Å². The maximum atomic E-state index is 12.9. The Hall–Kier alpha value is -3.05. The number of carbonyl (C=O) groups excluding carboxylic acids is 1. The summed E-state index contributed by atoms with van der Waals surface area (Å²) in [5.74, 6) is -0.190. The summed E-state index contributed by atoms with van der Waals surface area (Å²) in [6.07, 6.45) is -15.4. The Labute approximate surface area is 240 Å². The molecular formula is C28H34O14. The van der Waals surface area contributed by atoms with Crippen molar-refractivity contribution < 1.29 is 69.0 Å². The lowest BCUT2D eigenvalue weighted by molar-refractivity contribution is -0.318. The number of aromatic hydroxyl groups is 1. The van der Waals surface area contributed by atoms with E-state index in [-0.39, 0.29) is 29.3 Å². The average molecular weight is 595 g/mol. The van der Waals surface area contributed by atoms with Gasteiger partial charge in [0.1, 0.15) is 77.4 Å². The predicted molar refractivity (Wildman–Crippen MR) is 139 cm³/mol. The highest BCUT2D eigenvalue weighted by molar-refractivity contribution is 6.02. The second-order valence-corrected chi connectivity index (χ2v) is 10.5. The van der Waals surface area contributed by atoms with E-state index >= 15 is 0 Å². The number of ether oxygens (including phenoxy) is 6. The number of Topliss-reactive ketones (excluding diaryl/α,β-unsaturated/α-hetero) is 1. The van der Waals surface area contributed by atoms with Crippen molar-refractivity contribution in [3.05, 3.63) is 47.5 Å². The molecule has 2 saturated heterocycles. The fourth-order valence-electron chi connectivity index (χ4n) is 5.11. The number of hydrogen-bond acceptors (Lipinski definition) is 14. The van der Waals surface area contributed by atoms with E-state index in [1.807, 2.05) is 0 Å². The molecule has 0 saturated carbocycles. The number of phenolic OH excluding ortho intramolecular Hbond substituents is 1. The second kappa shape index (κ2) is 12.3. The summed E-state index contributed by atoms with van der Waals surface area (Å²) in [6.45, 7) is 0.995. The van der Waals surface area contributed by atoms with Crippen molar-refractivity contribution in [2.75, 3.05) is 13.7 Å². The molecule has 0 bridgehead atoms. The first-order chi connectivity index (χ1) is 20.0. The molecule has 3 heterocycles. The zero-order chi connectivity index (χ0) is 30.3. The normalized spacial score (nSPS) is 36.6. The van der Waals surface area contributed by atoms with Crippen LogP contribution in [-0.4, -0.2) is 117 Å². The molecule has 5 rings (SSSR count). The Morgan fingerprint density at radius 2 is 1.50 bits per heavy atom. The van der Waals surface area contributed by atoms with Gasteiger partial charge < -0.3 is 64.2 Å². The lowest BCUT2D eigenvalue weighted by atomic mass is 9.95. The molecule has 7 N–H and O–H groups in total. The van der Waals surface area contributed by atoms with E-state index in [4.69, 9.17) is 28.4 Å². The van der Waals surface area contributed by atoms with Crippen LogP contribution in [0, 0.1) is 0 Å². The number of rotatable bonds is 7. The number of aliphatic hydroxyl groups excluding tert-OH is 6. The lowest BCUT2D eigenvalue weighted by Gasteiger charge is -2.42. The topological polar surface area (TPSA) is 214 Å². The van der Waals surface area contributed by atoms with Gasteiger partial charge in [-0.1, -0.05) is 12.1 Å². The van der Waals surface area contributed by atoms with Crippen LogP contribution >= 0.6 is 0 Å². The molecule has 0 spiro atoms. The molecule has 0 aliphatic carbocycles. The van der Waals surface area contributed by atoms with Crippen LogP contribution in [0.1, 0.15) is 35.4 Å². The van der Waals surface area contributed by atoms with Crippen LogP contribution in [0.4, 0.5) is 0 Å². The molecule has 11 atom stereocenters. The van der Waals surface area contributed by atoms with Crippen LogP contribution in [0.3, 0.4) is 0 Å². The van der Waals surface area contributed by atoms with Crippen LogP contribution < -0.4 is 14.2 Å². The zero-order valence-electron chi connectivity index (χ0n) is 22.7. The molecule has 2 fully saturated rings. The molecule has 230 valence electrons. The van der Waals surface area contributed by atoms with Gasteiger partial charge in [-0.15, -0.1) is 0 Å². The highest BCUT2D eigenvalue weighted by Crippen LogP contribution is 2.42. The number of ketones is 1. The Morgan fingerprint density at radius 1 is 0.833 bits per heavy atom. The molecule has 0 radical (unpaired) electrons. The number of hydrogen-bond donors (Lipinski definition) is 7. The van der Waals surface area contributed by atoms with E-state index in [9.17, 15) is 40.5 Å². The van der Waals surface area contributed by atoms with Gasteiger partial charge in [-0.2, -0.15) is 0 Å². The molecule has 3 aliphatic rings. The minimum Gasteiger partial charge on any atom is -0.507 e. The zero-order valence-corrected chi connectivity index (χ0v) is 22.7. The van der Waals surface area contributed by atoms with Gasteiger partial charge in [0.25, 0.3) is 0 Å². The summed E-state index contributed by atoms with van der Waals surface area (Å²) in [7, 11) is 1.53. The van der Waals surface area contributed by atoms with Gasteiger partial charge in [-0.25, -0.2) is 0 Å². The third kappa shape index (κ3) is 5.90. The standard InChI is InChI=1S/C28H34O14/c1-11-21(31)23(33)25(35)27(39-11)38-10-19-22(32)24(34)26(36)28(42-19)40-14-7-15(29)20-16(30)9-17(41-18(20)8-14)12-3-5-13(37-2)6-4-12/h3-8,11,17,19,21-29,31-36H,9-10H2,1-2H3/t11-,17-,19+,21-,22+,23+,24+,25-,26-,27+,28+/m0/s1. The minimum atomic E-state index is -1.75. The largest absolute Gasteiger partial charge is 0.507 e. The summed E-state index contributed by atoms with van der Waals surface area (Å²) in [5, 5.41) is 72.1. The molecular weight excluding hydrogens is 560 g/mol. The average Bonchev–Trinajstić information content (AvgIpc) is 2.97. The summed E-state index contributed by atoms with van der Waals surface area (Å²) in [4.78, 5) is 12.9. The van der Waals surface area contributed by atoms with Crippen molar-refractivity contribution in [2.24, 2.45) is 0 Å². The molecule has 42 heavy (non-hydrogen) atoms. The Kier molecular flexibility index (Phi) is 8.89. The Balaban J connectivity index is 1.29. The number of carbonyl (C=O) groups is 1. The maximum absolute atomic E-state index is 12.9. The first kappa shape index (κ1) is 30.4. The smallest absolute Gasteiger partial charge is 0.229 e. The Bertz CT molecular complexity index is 1250. The Morgan fingerprint density at radius 3 is 2.19 bits per heavy atom. The van der Waals surface area contributed by atoms with Crippen LogP contribution in [0.25, 0.3) is 0 Å². The number of fused-ring (bicyclic) bond motifs is 1. The first-order valence-electron chi connectivity index (χ1n) is 13.4. The summed E-state index contributed by atoms with van der Waals surface area (Å²) in [6, 6.07) is 9.43. The van der Waals surface area contributed by atoms with Gasteiger partial charge in [0.15, 0.2) is 12.1 Å². The quantitative estimate of drug-likeness (QED) is 0.208. The van der Waals surface area contributed by atoms with Crippen LogP contribution in [0.2, 0.25) is 0 Å². The number of benzene rings is 2. The summed E-state index contributed by atoms with van der Waals surface area (Å²) in [5.41, 5.74) is 0.668. The fraction of sp³-hybridized carbons (Fsp3) is 0.536.